The second-order valence-electron chi connectivity index (χ2n) is 4.46. The normalized spacial score (nSPS) is 12.6. The van der Waals surface area contributed by atoms with E-state index in [2.05, 4.69) is 0 Å². The Morgan fingerprint density at radius 1 is 1.31 bits per heavy atom. The summed E-state index contributed by atoms with van der Waals surface area (Å²) in [6.07, 6.45) is 0. The Bertz CT molecular complexity index is 386. The molecule has 0 amide bonds. The van der Waals surface area contributed by atoms with Crippen LogP contribution < -0.4 is 10.5 Å². The van der Waals surface area contributed by atoms with E-state index in [1.54, 1.807) is 6.07 Å². The van der Waals surface area contributed by atoms with E-state index >= 15 is 0 Å². The van der Waals surface area contributed by atoms with Gasteiger partial charge in [-0.3, -0.25) is 0 Å². The molecule has 0 aliphatic heterocycles. The highest BCUT2D eigenvalue weighted by molar-refractivity contribution is 5.78. The Morgan fingerprint density at radius 3 is 2.44 bits per heavy atom. The number of carbonyl (C=O) groups excluding carboxylic acids is 1. The minimum absolute atomic E-state index is 0.0817. The molecule has 2 N–H and O–H groups in total. The van der Waals surface area contributed by atoms with Gasteiger partial charge in [-0.2, -0.15) is 0 Å². The molecule has 0 aliphatic rings. The number of rotatable bonds is 3. The second-order valence-corrected chi connectivity index (χ2v) is 4.46. The molecule has 3 nitrogen and oxygen atoms in total. The van der Waals surface area contributed by atoms with Crippen molar-refractivity contribution in [1.29, 1.82) is 0 Å². The summed E-state index contributed by atoms with van der Waals surface area (Å²) < 4.78 is 5.26. The maximum Gasteiger partial charge on any atom is 0.328 e. The van der Waals surface area contributed by atoms with Crippen molar-refractivity contribution in [2.75, 3.05) is 0 Å². The van der Waals surface area contributed by atoms with Crippen LogP contribution in [0.2, 0.25) is 0 Å². The Hall–Kier alpha value is -1.35. The van der Waals surface area contributed by atoms with E-state index in [1.807, 2.05) is 39.8 Å². The van der Waals surface area contributed by atoms with Gasteiger partial charge >= 0.3 is 5.97 Å². The monoisotopic (exact) mass is 221 g/mol. The molecule has 1 atom stereocenters. The van der Waals surface area contributed by atoms with Gasteiger partial charge in [0.1, 0.15) is 11.8 Å². The van der Waals surface area contributed by atoms with Gasteiger partial charge in [-0.05, 0) is 31.4 Å². The van der Waals surface area contributed by atoms with E-state index in [9.17, 15) is 4.79 Å². The molecule has 0 fully saturated rings. The fraction of sp³-hybridized carbons (Fsp3) is 0.462. The third-order valence-electron chi connectivity index (χ3n) is 2.53. The molecule has 3 heteroatoms. The predicted octanol–water partition coefficient (Wildman–Crippen LogP) is 2.19. The topological polar surface area (TPSA) is 52.3 Å². The molecule has 88 valence electrons. The van der Waals surface area contributed by atoms with Crippen LogP contribution in [-0.4, -0.2) is 12.0 Å². The van der Waals surface area contributed by atoms with Crippen LogP contribution >= 0.6 is 0 Å². The first-order chi connectivity index (χ1) is 7.41. The van der Waals surface area contributed by atoms with E-state index in [1.165, 1.54) is 0 Å². The molecule has 0 saturated carbocycles. The number of benzene rings is 1. The third kappa shape index (κ3) is 3.07. The van der Waals surface area contributed by atoms with Crippen LogP contribution in [0.3, 0.4) is 0 Å². The fourth-order valence-electron chi connectivity index (χ4n) is 1.36. The number of nitrogens with two attached hydrogens (primary N) is 1. The first-order valence-corrected chi connectivity index (χ1v) is 5.46. The maximum atomic E-state index is 11.6. The van der Waals surface area contributed by atoms with Crippen LogP contribution in [0, 0.1) is 19.8 Å². The van der Waals surface area contributed by atoms with Crippen LogP contribution in [-0.2, 0) is 4.79 Å². The molecule has 0 radical (unpaired) electrons. The van der Waals surface area contributed by atoms with Crippen LogP contribution in [0.25, 0.3) is 0 Å². The maximum absolute atomic E-state index is 11.6. The average molecular weight is 221 g/mol. The van der Waals surface area contributed by atoms with Crippen molar-refractivity contribution in [3.05, 3.63) is 29.3 Å². The quantitative estimate of drug-likeness (QED) is 0.628. The molecule has 1 unspecified atom stereocenters. The van der Waals surface area contributed by atoms with Gasteiger partial charge < -0.3 is 10.5 Å². The highest BCUT2D eigenvalue weighted by Gasteiger charge is 2.19. The zero-order chi connectivity index (χ0) is 12.3. The molecule has 0 aliphatic carbocycles. The Morgan fingerprint density at radius 2 is 1.94 bits per heavy atom. The predicted molar refractivity (Wildman–Crippen MR) is 64.4 cm³/mol. The Kier molecular flexibility index (Phi) is 4.07. The van der Waals surface area contributed by atoms with Crippen molar-refractivity contribution in [2.45, 2.75) is 33.7 Å². The molecular weight excluding hydrogens is 202 g/mol. The minimum Gasteiger partial charge on any atom is -0.425 e. The summed E-state index contributed by atoms with van der Waals surface area (Å²) in [4.78, 5) is 11.6. The fourth-order valence-corrected chi connectivity index (χ4v) is 1.36. The van der Waals surface area contributed by atoms with Crippen molar-refractivity contribution in [2.24, 2.45) is 11.7 Å². The molecule has 1 aromatic carbocycles. The molecule has 0 aromatic heterocycles. The van der Waals surface area contributed by atoms with Crippen molar-refractivity contribution in [1.82, 2.24) is 0 Å². The lowest BCUT2D eigenvalue weighted by molar-refractivity contribution is -0.136. The number of hydrogen-bond acceptors (Lipinski definition) is 3. The van der Waals surface area contributed by atoms with Crippen molar-refractivity contribution in [3.63, 3.8) is 0 Å². The Balaban J connectivity index is 2.77. The molecular formula is C13H19NO2. The summed E-state index contributed by atoms with van der Waals surface area (Å²) in [7, 11) is 0. The number of aryl methyl sites for hydroxylation is 2. The number of ether oxygens (including phenoxy) is 1. The molecule has 0 spiro atoms. The van der Waals surface area contributed by atoms with Crippen molar-refractivity contribution >= 4 is 5.97 Å². The first-order valence-electron chi connectivity index (χ1n) is 5.46. The van der Waals surface area contributed by atoms with Gasteiger partial charge in [0, 0.05) is 0 Å². The van der Waals surface area contributed by atoms with Crippen LogP contribution in [0.15, 0.2) is 18.2 Å². The smallest absolute Gasteiger partial charge is 0.328 e. The Labute approximate surface area is 96.6 Å². The highest BCUT2D eigenvalue weighted by Crippen LogP contribution is 2.19. The van der Waals surface area contributed by atoms with E-state index in [4.69, 9.17) is 10.5 Å². The zero-order valence-electron chi connectivity index (χ0n) is 10.3. The second kappa shape index (κ2) is 5.12. The highest BCUT2D eigenvalue weighted by atomic mass is 16.5. The van der Waals surface area contributed by atoms with Gasteiger partial charge in [0.25, 0.3) is 0 Å². The number of carbonyl (C=O) groups is 1. The van der Waals surface area contributed by atoms with Gasteiger partial charge in [-0.1, -0.05) is 31.5 Å². The SMILES string of the molecule is Cc1ccc(OC(=O)C(N)C(C)C)c(C)c1. The molecule has 0 saturated heterocycles. The standard InChI is InChI=1S/C13H19NO2/c1-8(2)12(14)13(15)16-11-6-5-9(3)7-10(11)4/h5-8,12H,14H2,1-4H3. The molecule has 16 heavy (non-hydrogen) atoms. The van der Waals surface area contributed by atoms with Gasteiger partial charge in [0.2, 0.25) is 0 Å². The van der Waals surface area contributed by atoms with E-state index in [0.717, 1.165) is 11.1 Å². The van der Waals surface area contributed by atoms with Crippen LogP contribution in [0.4, 0.5) is 0 Å². The molecule has 1 aromatic rings. The summed E-state index contributed by atoms with van der Waals surface area (Å²) in [5.74, 6) is 0.298. The van der Waals surface area contributed by atoms with Gasteiger partial charge in [-0.25, -0.2) is 4.79 Å². The van der Waals surface area contributed by atoms with Gasteiger partial charge in [0.05, 0.1) is 0 Å². The van der Waals surface area contributed by atoms with E-state index in [0.29, 0.717) is 5.75 Å². The van der Waals surface area contributed by atoms with Crippen molar-refractivity contribution in [3.8, 4) is 5.75 Å². The minimum atomic E-state index is -0.569. The largest absolute Gasteiger partial charge is 0.425 e. The van der Waals surface area contributed by atoms with Crippen LogP contribution in [0.5, 0.6) is 5.75 Å². The average Bonchev–Trinajstić information content (AvgIpc) is 2.20. The summed E-state index contributed by atoms with van der Waals surface area (Å²) in [6, 6.07) is 5.12. The summed E-state index contributed by atoms with van der Waals surface area (Å²) in [5, 5.41) is 0. The lowest BCUT2D eigenvalue weighted by atomic mass is 10.1. The number of esters is 1. The van der Waals surface area contributed by atoms with E-state index in [-0.39, 0.29) is 11.9 Å². The molecule has 0 bridgehead atoms. The lowest BCUT2D eigenvalue weighted by Gasteiger charge is -2.15. The molecule has 1 rings (SSSR count). The summed E-state index contributed by atoms with van der Waals surface area (Å²) in [6.45, 7) is 7.71. The van der Waals surface area contributed by atoms with Gasteiger partial charge in [0.15, 0.2) is 0 Å². The third-order valence-corrected chi connectivity index (χ3v) is 2.53. The lowest BCUT2D eigenvalue weighted by Crippen LogP contribution is -2.38. The first kappa shape index (κ1) is 12.7. The molecule has 0 heterocycles. The number of hydrogen-bond donors (Lipinski definition) is 1. The summed E-state index contributed by atoms with van der Waals surface area (Å²) >= 11 is 0. The van der Waals surface area contributed by atoms with Gasteiger partial charge in [-0.15, -0.1) is 0 Å². The van der Waals surface area contributed by atoms with E-state index < -0.39 is 6.04 Å². The van der Waals surface area contributed by atoms with Crippen LogP contribution in [0.1, 0.15) is 25.0 Å². The van der Waals surface area contributed by atoms with Crippen molar-refractivity contribution < 1.29 is 9.53 Å². The summed E-state index contributed by atoms with van der Waals surface area (Å²) in [5.41, 5.74) is 7.81. The zero-order valence-corrected chi connectivity index (χ0v) is 10.3.